The molecule has 1 aliphatic heterocycles. The van der Waals surface area contributed by atoms with Crippen LogP contribution in [-0.2, 0) is 22.6 Å². The largest absolute Gasteiger partial charge is 0.481 e. The molecule has 0 saturated carbocycles. The first-order chi connectivity index (χ1) is 14.7. The van der Waals surface area contributed by atoms with Gasteiger partial charge in [-0.05, 0) is 42.3 Å². The molecule has 30 heavy (non-hydrogen) atoms. The number of hydrogen-bond donors (Lipinski definition) is 1. The second-order valence-corrected chi connectivity index (χ2v) is 7.47. The lowest BCUT2D eigenvalue weighted by atomic mass is 10.1. The molecule has 0 bridgehead atoms. The third-order valence-electron chi connectivity index (χ3n) is 5.22. The van der Waals surface area contributed by atoms with Gasteiger partial charge in [0.25, 0.3) is 0 Å². The van der Waals surface area contributed by atoms with E-state index in [-0.39, 0.29) is 6.42 Å². The molecule has 0 unspecified atom stereocenters. The van der Waals surface area contributed by atoms with E-state index < -0.39 is 5.97 Å². The highest BCUT2D eigenvalue weighted by Crippen LogP contribution is 2.16. The second kappa shape index (κ2) is 9.57. The van der Waals surface area contributed by atoms with Crippen molar-refractivity contribution in [1.29, 1.82) is 0 Å². The molecule has 2 heterocycles. The smallest absolute Gasteiger partial charge is 0.303 e. The lowest BCUT2D eigenvalue weighted by Gasteiger charge is -2.26. The summed E-state index contributed by atoms with van der Waals surface area (Å²) in [6.07, 6.45) is 2.52. The Labute approximate surface area is 176 Å². The average molecular weight is 403 g/mol. The lowest BCUT2D eigenvalue weighted by Crippen LogP contribution is -2.35. The number of hydrogen-bond acceptors (Lipinski definition) is 4. The molecule has 6 nitrogen and oxygen atoms in total. The molecule has 1 aliphatic rings. The maximum atomic E-state index is 10.7. The number of morpholine rings is 1. The standard InChI is InChI=1S/C24H25N3O3/c28-24(29)2-1-11-27-23-10-9-20(16-22(23)17-25-27)6-3-19-4-7-21(8-5-19)18-26-12-14-30-15-13-26/h4-5,7-10,16-17H,1-2,11-15,18H2,(H,28,29). The van der Waals surface area contributed by atoms with E-state index >= 15 is 0 Å². The zero-order valence-corrected chi connectivity index (χ0v) is 16.9. The minimum Gasteiger partial charge on any atom is -0.481 e. The molecule has 0 atom stereocenters. The number of benzene rings is 2. The van der Waals surface area contributed by atoms with Crippen molar-refractivity contribution in [3.63, 3.8) is 0 Å². The van der Waals surface area contributed by atoms with Crippen molar-refractivity contribution in [2.45, 2.75) is 25.9 Å². The maximum Gasteiger partial charge on any atom is 0.303 e. The molecule has 0 amide bonds. The van der Waals surface area contributed by atoms with Gasteiger partial charge in [-0.15, -0.1) is 0 Å². The van der Waals surface area contributed by atoms with Crippen LogP contribution < -0.4 is 0 Å². The summed E-state index contributed by atoms with van der Waals surface area (Å²) in [5, 5.41) is 14.2. The lowest BCUT2D eigenvalue weighted by molar-refractivity contribution is -0.137. The Kier molecular flexibility index (Phi) is 6.43. The highest BCUT2D eigenvalue weighted by atomic mass is 16.5. The van der Waals surface area contributed by atoms with Crippen molar-refractivity contribution in [3.8, 4) is 11.8 Å². The highest BCUT2D eigenvalue weighted by Gasteiger charge is 2.10. The van der Waals surface area contributed by atoms with Crippen LogP contribution in [0.3, 0.4) is 0 Å². The van der Waals surface area contributed by atoms with Gasteiger partial charge in [0.15, 0.2) is 0 Å². The fourth-order valence-corrected chi connectivity index (χ4v) is 3.58. The molecule has 1 N–H and O–H groups in total. The van der Waals surface area contributed by atoms with Crippen molar-refractivity contribution in [1.82, 2.24) is 14.7 Å². The molecule has 1 fully saturated rings. The quantitative estimate of drug-likeness (QED) is 0.641. The second-order valence-electron chi connectivity index (χ2n) is 7.47. The van der Waals surface area contributed by atoms with Crippen LogP contribution in [0.4, 0.5) is 0 Å². The van der Waals surface area contributed by atoms with Crippen molar-refractivity contribution >= 4 is 16.9 Å². The number of rotatable bonds is 6. The Hall–Kier alpha value is -3.14. The number of nitrogens with zero attached hydrogens (tertiary/aromatic N) is 3. The Morgan fingerprint density at radius 3 is 2.57 bits per heavy atom. The Balaban J connectivity index is 1.40. The van der Waals surface area contributed by atoms with Crippen LogP contribution in [0.2, 0.25) is 0 Å². The predicted molar refractivity (Wildman–Crippen MR) is 115 cm³/mol. The number of aliphatic carboxylic acids is 1. The van der Waals surface area contributed by atoms with E-state index in [2.05, 4.69) is 46.1 Å². The molecule has 2 aromatic carbocycles. The van der Waals surface area contributed by atoms with Gasteiger partial charge in [0.1, 0.15) is 0 Å². The third kappa shape index (κ3) is 5.26. The molecule has 3 aromatic rings. The third-order valence-corrected chi connectivity index (χ3v) is 5.22. The number of fused-ring (bicyclic) bond motifs is 1. The maximum absolute atomic E-state index is 10.7. The first-order valence-electron chi connectivity index (χ1n) is 10.3. The first kappa shape index (κ1) is 20.1. The van der Waals surface area contributed by atoms with Gasteiger partial charge in [-0.2, -0.15) is 5.10 Å². The predicted octanol–water partition coefficient (Wildman–Crippen LogP) is 3.13. The van der Waals surface area contributed by atoms with Crippen LogP contribution in [0.25, 0.3) is 10.9 Å². The first-order valence-corrected chi connectivity index (χ1v) is 10.3. The van der Waals surface area contributed by atoms with Gasteiger partial charge in [-0.1, -0.05) is 24.0 Å². The van der Waals surface area contributed by atoms with Gasteiger partial charge in [0.2, 0.25) is 0 Å². The molecule has 0 spiro atoms. The number of carboxylic acids is 1. The molecule has 1 saturated heterocycles. The molecule has 0 aliphatic carbocycles. The Morgan fingerprint density at radius 2 is 1.80 bits per heavy atom. The van der Waals surface area contributed by atoms with E-state index in [1.54, 1.807) is 0 Å². The van der Waals surface area contributed by atoms with Gasteiger partial charge in [-0.3, -0.25) is 14.4 Å². The fraction of sp³-hybridized carbons (Fsp3) is 0.333. The monoisotopic (exact) mass is 403 g/mol. The van der Waals surface area contributed by atoms with E-state index in [9.17, 15) is 4.79 Å². The number of ether oxygens (including phenoxy) is 1. The number of carbonyl (C=O) groups is 1. The zero-order valence-electron chi connectivity index (χ0n) is 16.9. The summed E-state index contributed by atoms with van der Waals surface area (Å²) in [4.78, 5) is 13.1. The normalized spacial score (nSPS) is 14.4. The fourth-order valence-electron chi connectivity index (χ4n) is 3.58. The Morgan fingerprint density at radius 1 is 1.07 bits per heavy atom. The van der Waals surface area contributed by atoms with Crippen LogP contribution in [0.5, 0.6) is 0 Å². The minimum atomic E-state index is -0.779. The van der Waals surface area contributed by atoms with Gasteiger partial charge in [0.05, 0.1) is 24.9 Å². The van der Waals surface area contributed by atoms with Crippen LogP contribution in [0.15, 0.2) is 48.7 Å². The molecule has 6 heteroatoms. The van der Waals surface area contributed by atoms with Gasteiger partial charge >= 0.3 is 5.97 Å². The van der Waals surface area contributed by atoms with Crippen molar-refractivity contribution < 1.29 is 14.6 Å². The molecule has 0 radical (unpaired) electrons. The SMILES string of the molecule is O=C(O)CCCn1ncc2cc(C#Cc3ccc(CN4CCOCC4)cc3)ccc21. The van der Waals surface area contributed by atoms with Crippen LogP contribution in [0, 0.1) is 11.8 Å². The molecular formula is C24H25N3O3. The average Bonchev–Trinajstić information content (AvgIpc) is 3.16. The number of aryl methyl sites for hydroxylation is 1. The summed E-state index contributed by atoms with van der Waals surface area (Å²) in [7, 11) is 0. The van der Waals surface area contributed by atoms with Gasteiger partial charge < -0.3 is 9.84 Å². The molecule has 154 valence electrons. The summed E-state index contributed by atoms with van der Waals surface area (Å²) in [5.74, 6) is 5.68. The van der Waals surface area contributed by atoms with Crippen molar-refractivity contribution in [3.05, 3.63) is 65.4 Å². The van der Waals surface area contributed by atoms with E-state index in [1.165, 1.54) is 5.56 Å². The van der Waals surface area contributed by atoms with E-state index in [0.717, 1.165) is 54.9 Å². The Bertz CT molecular complexity index is 1070. The molecule has 4 rings (SSSR count). The van der Waals surface area contributed by atoms with Crippen LogP contribution in [-0.4, -0.2) is 52.1 Å². The van der Waals surface area contributed by atoms with E-state index in [1.807, 2.05) is 29.1 Å². The molecular weight excluding hydrogens is 378 g/mol. The van der Waals surface area contributed by atoms with Crippen LogP contribution in [0.1, 0.15) is 29.5 Å². The summed E-state index contributed by atoms with van der Waals surface area (Å²) < 4.78 is 7.25. The number of aromatic nitrogens is 2. The van der Waals surface area contributed by atoms with Crippen molar-refractivity contribution in [2.75, 3.05) is 26.3 Å². The van der Waals surface area contributed by atoms with E-state index in [4.69, 9.17) is 9.84 Å². The van der Waals surface area contributed by atoms with Crippen LogP contribution >= 0.6 is 0 Å². The van der Waals surface area contributed by atoms with Gasteiger partial charge in [0, 0.05) is 49.1 Å². The summed E-state index contributed by atoms with van der Waals surface area (Å²) in [6, 6.07) is 14.4. The van der Waals surface area contributed by atoms with Gasteiger partial charge in [-0.25, -0.2) is 0 Å². The topological polar surface area (TPSA) is 67.6 Å². The summed E-state index contributed by atoms with van der Waals surface area (Å²) in [5.41, 5.74) is 4.22. The number of carboxylic acid groups (broad SMARTS) is 1. The molecule has 1 aromatic heterocycles. The zero-order chi connectivity index (χ0) is 20.8. The summed E-state index contributed by atoms with van der Waals surface area (Å²) in [6.45, 7) is 5.15. The van der Waals surface area contributed by atoms with E-state index in [0.29, 0.717) is 13.0 Å². The van der Waals surface area contributed by atoms with Crippen molar-refractivity contribution in [2.24, 2.45) is 0 Å². The minimum absolute atomic E-state index is 0.149. The summed E-state index contributed by atoms with van der Waals surface area (Å²) >= 11 is 0. The highest BCUT2D eigenvalue weighted by molar-refractivity contribution is 5.80.